The van der Waals surface area contributed by atoms with E-state index >= 15 is 0 Å². The number of nitrogens with zero attached hydrogens (tertiary/aromatic N) is 3. The van der Waals surface area contributed by atoms with Crippen LogP contribution >= 0.6 is 0 Å². The van der Waals surface area contributed by atoms with E-state index in [1.807, 2.05) is 13.8 Å². The minimum Gasteiger partial charge on any atom is -0.274 e. The molecule has 1 aromatic carbocycles. The number of halogens is 3. The van der Waals surface area contributed by atoms with Crippen molar-refractivity contribution in [2.24, 2.45) is 18.9 Å². The number of aryl methyl sites for hydroxylation is 3. The summed E-state index contributed by atoms with van der Waals surface area (Å²) in [4.78, 5) is 27.8. The molecular weight excluding hydrogens is 419 g/mol. The Hall–Kier alpha value is -2.64. The van der Waals surface area contributed by atoms with Gasteiger partial charge >= 0.3 is 6.18 Å². The fourth-order valence-electron chi connectivity index (χ4n) is 3.70. The lowest BCUT2D eigenvalue weighted by Gasteiger charge is -2.25. The maximum Gasteiger partial charge on any atom is 0.389 e. The minimum atomic E-state index is -4.25. The molecule has 0 N–H and O–H groups in total. The van der Waals surface area contributed by atoms with Crippen molar-refractivity contribution in [1.82, 2.24) is 9.78 Å². The van der Waals surface area contributed by atoms with E-state index in [2.05, 4.69) is 5.10 Å². The summed E-state index contributed by atoms with van der Waals surface area (Å²) in [6, 6.07) is 4.86. The van der Waals surface area contributed by atoms with Crippen LogP contribution in [0.25, 0.3) is 0 Å². The van der Waals surface area contributed by atoms with Gasteiger partial charge < -0.3 is 0 Å². The van der Waals surface area contributed by atoms with Gasteiger partial charge in [-0.1, -0.05) is 33.8 Å². The third-order valence-electron chi connectivity index (χ3n) is 5.39. The van der Waals surface area contributed by atoms with E-state index in [0.29, 0.717) is 34.6 Å². The third-order valence-corrected chi connectivity index (χ3v) is 5.39. The molecule has 1 heterocycles. The van der Waals surface area contributed by atoms with Crippen LogP contribution in [0, 0.1) is 25.7 Å². The van der Waals surface area contributed by atoms with Crippen molar-refractivity contribution in [3.63, 3.8) is 0 Å². The molecule has 32 heavy (non-hydrogen) atoms. The second kappa shape index (κ2) is 9.88. The van der Waals surface area contributed by atoms with Gasteiger partial charge in [-0.2, -0.15) is 18.3 Å². The lowest BCUT2D eigenvalue weighted by atomic mass is 9.94. The fourth-order valence-corrected chi connectivity index (χ4v) is 3.70. The van der Waals surface area contributed by atoms with Gasteiger partial charge in [-0.25, -0.2) is 4.90 Å². The molecular formula is C24H32F3N3O2. The van der Waals surface area contributed by atoms with Crippen molar-refractivity contribution >= 4 is 17.5 Å². The molecule has 0 bridgehead atoms. The van der Waals surface area contributed by atoms with E-state index in [-0.39, 0.29) is 18.2 Å². The smallest absolute Gasteiger partial charge is 0.274 e. The average Bonchev–Trinajstić information content (AvgIpc) is 2.91. The number of aromatic nitrogens is 2. The first-order valence-electron chi connectivity index (χ1n) is 10.8. The van der Waals surface area contributed by atoms with Crippen molar-refractivity contribution in [2.75, 3.05) is 4.90 Å². The van der Waals surface area contributed by atoms with Gasteiger partial charge in [-0.05, 0) is 55.9 Å². The maximum absolute atomic E-state index is 13.5. The van der Waals surface area contributed by atoms with Gasteiger partial charge in [0.15, 0.2) is 0 Å². The average molecular weight is 452 g/mol. The number of alkyl halides is 3. The van der Waals surface area contributed by atoms with Gasteiger partial charge in [-0.3, -0.25) is 14.3 Å². The van der Waals surface area contributed by atoms with Crippen molar-refractivity contribution in [2.45, 2.75) is 67.0 Å². The van der Waals surface area contributed by atoms with E-state index in [9.17, 15) is 22.8 Å². The fraction of sp³-hybridized carbons (Fsp3) is 0.542. The zero-order chi connectivity index (χ0) is 24.4. The van der Waals surface area contributed by atoms with Gasteiger partial charge in [0.25, 0.3) is 5.91 Å². The van der Waals surface area contributed by atoms with Crippen molar-refractivity contribution in [3.8, 4) is 0 Å². The normalized spacial score (nSPS) is 12.0. The molecule has 0 spiro atoms. The maximum atomic E-state index is 13.5. The molecule has 8 heteroatoms. The topological polar surface area (TPSA) is 55.2 Å². The molecule has 2 amide bonds. The number of carbonyl (C=O) groups is 2. The van der Waals surface area contributed by atoms with Crippen LogP contribution in [0.4, 0.5) is 18.9 Å². The summed E-state index contributed by atoms with van der Waals surface area (Å²) < 4.78 is 40.0. The highest BCUT2D eigenvalue weighted by Crippen LogP contribution is 2.29. The van der Waals surface area contributed by atoms with Crippen LogP contribution in [0.2, 0.25) is 0 Å². The first-order chi connectivity index (χ1) is 14.7. The second-order valence-electron chi connectivity index (χ2n) is 8.97. The molecule has 0 atom stereocenters. The van der Waals surface area contributed by atoms with E-state index in [4.69, 9.17) is 0 Å². The van der Waals surface area contributed by atoms with Crippen LogP contribution < -0.4 is 4.90 Å². The second-order valence-corrected chi connectivity index (χ2v) is 8.97. The summed E-state index contributed by atoms with van der Waals surface area (Å²) in [6.45, 7) is 10.8. The minimum absolute atomic E-state index is 0.140. The number of hydrogen-bond acceptors (Lipinski definition) is 3. The Morgan fingerprint density at radius 2 is 1.72 bits per heavy atom. The van der Waals surface area contributed by atoms with Gasteiger partial charge in [0.1, 0.15) is 0 Å². The van der Waals surface area contributed by atoms with Crippen LogP contribution in [0.3, 0.4) is 0 Å². The summed E-state index contributed by atoms with van der Waals surface area (Å²) >= 11 is 0. The van der Waals surface area contributed by atoms with Crippen LogP contribution in [-0.2, 0) is 24.7 Å². The monoisotopic (exact) mass is 451 g/mol. The van der Waals surface area contributed by atoms with Crippen molar-refractivity contribution in [1.29, 1.82) is 0 Å². The molecule has 0 radical (unpaired) electrons. The molecule has 0 aliphatic heterocycles. The predicted octanol–water partition coefficient (Wildman–Crippen LogP) is 5.56. The van der Waals surface area contributed by atoms with Gasteiger partial charge in [0.05, 0.1) is 16.9 Å². The van der Waals surface area contributed by atoms with E-state index < -0.39 is 24.4 Å². The zero-order valence-electron chi connectivity index (χ0n) is 19.8. The van der Waals surface area contributed by atoms with E-state index in [1.54, 1.807) is 57.6 Å². The zero-order valence-corrected chi connectivity index (χ0v) is 19.8. The summed E-state index contributed by atoms with van der Waals surface area (Å²) in [5.74, 6) is -1.11. The number of anilines is 1. The molecule has 0 saturated heterocycles. The molecule has 1 aromatic heterocycles. The summed E-state index contributed by atoms with van der Waals surface area (Å²) in [5.41, 5.74) is 3.17. The number of carbonyl (C=O) groups excluding carboxylic acids is 2. The lowest BCUT2D eigenvalue weighted by Crippen LogP contribution is -2.40. The molecule has 2 aromatic rings. The highest BCUT2D eigenvalue weighted by Gasteiger charge is 2.31. The molecule has 2 rings (SSSR count). The Kier molecular flexibility index (Phi) is 7.91. The number of rotatable bonds is 7. The summed E-state index contributed by atoms with van der Waals surface area (Å²) in [6.07, 6.45) is -4.76. The molecule has 176 valence electrons. The third kappa shape index (κ3) is 5.99. The number of imide groups is 1. The SMILES string of the molecule is Cc1nn(C)c(C)c1C(=O)N(C(=O)C(C)C)c1ccc(CCC(F)(F)F)c(CC(C)C)c1. The predicted molar refractivity (Wildman–Crippen MR) is 119 cm³/mol. The highest BCUT2D eigenvalue weighted by molar-refractivity contribution is 6.22. The lowest BCUT2D eigenvalue weighted by molar-refractivity contribution is -0.134. The molecule has 0 aliphatic rings. The Balaban J connectivity index is 2.58. The quantitative estimate of drug-likeness (QED) is 0.554. The highest BCUT2D eigenvalue weighted by atomic mass is 19.4. The Labute approximate surface area is 187 Å². The Morgan fingerprint density at radius 1 is 1.09 bits per heavy atom. The van der Waals surface area contributed by atoms with E-state index in [1.165, 1.54) is 0 Å². The van der Waals surface area contributed by atoms with Crippen LogP contribution in [0.15, 0.2) is 18.2 Å². The van der Waals surface area contributed by atoms with Crippen LogP contribution in [0.5, 0.6) is 0 Å². The Bertz CT molecular complexity index is 991. The standard InChI is InChI=1S/C24H32F3N3O2/c1-14(2)12-19-13-20(9-8-18(19)10-11-24(25,26)27)30(22(31)15(3)4)23(32)21-16(5)28-29(7)17(21)6/h8-9,13-15H,10-12H2,1-7H3. The van der Waals surface area contributed by atoms with E-state index in [0.717, 1.165) is 10.5 Å². The summed E-state index contributed by atoms with van der Waals surface area (Å²) in [5, 5.41) is 4.28. The van der Waals surface area contributed by atoms with Crippen LogP contribution in [0.1, 0.15) is 67.0 Å². The number of amides is 2. The van der Waals surface area contributed by atoms with Crippen LogP contribution in [-0.4, -0.2) is 27.8 Å². The van der Waals surface area contributed by atoms with Crippen molar-refractivity contribution < 1.29 is 22.8 Å². The molecule has 0 aliphatic carbocycles. The van der Waals surface area contributed by atoms with Gasteiger partial charge in [-0.15, -0.1) is 0 Å². The number of benzene rings is 1. The summed E-state index contributed by atoms with van der Waals surface area (Å²) in [7, 11) is 1.73. The van der Waals surface area contributed by atoms with Gasteiger partial charge in [0.2, 0.25) is 5.91 Å². The first-order valence-corrected chi connectivity index (χ1v) is 10.8. The van der Waals surface area contributed by atoms with Crippen molar-refractivity contribution in [3.05, 3.63) is 46.3 Å². The Morgan fingerprint density at radius 3 is 2.19 bits per heavy atom. The first kappa shape index (κ1) is 25.6. The molecule has 0 saturated carbocycles. The number of hydrogen-bond donors (Lipinski definition) is 0. The largest absolute Gasteiger partial charge is 0.389 e. The molecule has 0 fully saturated rings. The molecule has 0 unspecified atom stereocenters. The van der Waals surface area contributed by atoms with Gasteiger partial charge in [0, 0.05) is 25.1 Å². The molecule has 5 nitrogen and oxygen atoms in total.